The van der Waals surface area contributed by atoms with Gasteiger partial charge < -0.3 is 19.5 Å². The van der Waals surface area contributed by atoms with Crippen molar-refractivity contribution in [2.45, 2.75) is 32.9 Å². The fourth-order valence-corrected chi connectivity index (χ4v) is 3.32. The monoisotopic (exact) mass is 388 g/mol. The molecule has 2 aromatic rings. The van der Waals surface area contributed by atoms with Gasteiger partial charge in [-0.05, 0) is 32.9 Å². The lowest BCUT2D eigenvalue weighted by atomic mass is 10.2. The predicted molar refractivity (Wildman–Crippen MR) is 102 cm³/mol. The fraction of sp³-hybridized carbons (Fsp3) is 0.474. The quantitative estimate of drug-likeness (QED) is 0.764. The smallest absolute Gasteiger partial charge is 0.408 e. The van der Waals surface area contributed by atoms with E-state index in [0.717, 1.165) is 0 Å². The summed E-state index contributed by atoms with van der Waals surface area (Å²) in [5.74, 6) is -2.04. The van der Waals surface area contributed by atoms with E-state index in [1.807, 2.05) is 0 Å². The van der Waals surface area contributed by atoms with Crippen molar-refractivity contribution in [3.05, 3.63) is 34.8 Å². The number of benzene rings is 1. The molecule has 1 N–H and O–H groups in total. The van der Waals surface area contributed by atoms with Gasteiger partial charge in [-0.15, -0.1) is 0 Å². The Hall–Kier alpha value is -3.10. The van der Waals surface area contributed by atoms with Crippen LogP contribution in [-0.2, 0) is 14.4 Å². The van der Waals surface area contributed by atoms with Gasteiger partial charge in [-0.25, -0.2) is 4.79 Å². The Balaban J connectivity index is 1.66. The highest BCUT2D eigenvalue weighted by Gasteiger charge is 2.31. The number of hydrogen-bond donors (Lipinski definition) is 1. The summed E-state index contributed by atoms with van der Waals surface area (Å²) in [5.41, 5.74) is 0.992. The molecule has 2 heterocycles. The number of nitrogens with zero attached hydrogens (tertiary/aromatic N) is 3. The van der Waals surface area contributed by atoms with Crippen LogP contribution < -0.4 is 11.1 Å². The number of aromatic nitrogens is 1. The topological polar surface area (TPSA) is 105 Å². The van der Waals surface area contributed by atoms with Crippen LogP contribution in [0.4, 0.5) is 0 Å². The summed E-state index contributed by atoms with van der Waals surface area (Å²) in [7, 11) is 0. The molecule has 0 spiro atoms. The highest BCUT2D eigenvalue weighted by atomic mass is 16.4. The molecule has 0 aliphatic carbocycles. The van der Waals surface area contributed by atoms with E-state index >= 15 is 0 Å². The Kier molecular flexibility index (Phi) is 5.53. The average Bonchev–Trinajstić information content (AvgIpc) is 3.01. The maximum atomic E-state index is 12.9. The Morgan fingerprint density at radius 2 is 1.61 bits per heavy atom. The van der Waals surface area contributed by atoms with Gasteiger partial charge in [-0.1, -0.05) is 12.1 Å². The lowest BCUT2D eigenvalue weighted by molar-refractivity contribution is -0.149. The second-order valence-electron chi connectivity index (χ2n) is 7.13. The second-order valence-corrected chi connectivity index (χ2v) is 7.13. The summed E-state index contributed by atoms with van der Waals surface area (Å²) in [6.45, 7) is 6.35. The standard InChI is InChI=1S/C19H24N4O5/c1-12(2)20-16(24)18(26)22-10-8-21(9-11-22)17(25)13(3)23-14-6-4-5-7-15(14)28-19(23)27/h4-7,12-13H,8-11H2,1-3H3,(H,20,24). The minimum Gasteiger partial charge on any atom is -0.408 e. The van der Waals surface area contributed by atoms with Crippen molar-refractivity contribution < 1.29 is 18.8 Å². The molecule has 1 fully saturated rings. The van der Waals surface area contributed by atoms with E-state index in [1.54, 1.807) is 49.9 Å². The molecule has 28 heavy (non-hydrogen) atoms. The van der Waals surface area contributed by atoms with Crippen LogP contribution in [0.1, 0.15) is 26.8 Å². The summed E-state index contributed by atoms with van der Waals surface area (Å²) in [5, 5.41) is 2.57. The molecule has 3 rings (SSSR count). The first kappa shape index (κ1) is 19.7. The molecule has 1 aromatic carbocycles. The molecule has 1 aliphatic rings. The van der Waals surface area contributed by atoms with Gasteiger partial charge in [0, 0.05) is 32.2 Å². The molecule has 9 nitrogen and oxygen atoms in total. The molecule has 0 saturated carbocycles. The van der Waals surface area contributed by atoms with Crippen molar-refractivity contribution >= 4 is 28.8 Å². The highest BCUT2D eigenvalue weighted by molar-refractivity contribution is 6.35. The van der Waals surface area contributed by atoms with Crippen LogP contribution in [-0.4, -0.2) is 64.3 Å². The Labute approximate surface area is 161 Å². The number of hydrogen-bond acceptors (Lipinski definition) is 5. The number of para-hydroxylation sites is 2. The average molecular weight is 388 g/mol. The van der Waals surface area contributed by atoms with E-state index in [-0.39, 0.29) is 25.0 Å². The number of fused-ring (bicyclic) bond motifs is 1. The van der Waals surface area contributed by atoms with E-state index < -0.39 is 23.6 Å². The third-order valence-electron chi connectivity index (χ3n) is 4.76. The van der Waals surface area contributed by atoms with Crippen LogP contribution in [0.3, 0.4) is 0 Å². The molecule has 1 aromatic heterocycles. The van der Waals surface area contributed by atoms with Gasteiger partial charge in [0.25, 0.3) is 0 Å². The lowest BCUT2D eigenvalue weighted by Crippen LogP contribution is -2.55. The summed E-state index contributed by atoms with van der Waals surface area (Å²) in [4.78, 5) is 52.2. The number of carbonyl (C=O) groups is 3. The molecule has 1 saturated heterocycles. The number of rotatable bonds is 3. The van der Waals surface area contributed by atoms with Crippen LogP contribution in [0.5, 0.6) is 0 Å². The highest BCUT2D eigenvalue weighted by Crippen LogP contribution is 2.19. The third kappa shape index (κ3) is 3.78. The summed E-state index contributed by atoms with van der Waals surface area (Å²) in [6, 6.07) is 6.09. The Morgan fingerprint density at radius 3 is 2.25 bits per heavy atom. The first-order chi connectivity index (χ1) is 13.3. The number of oxazole rings is 1. The van der Waals surface area contributed by atoms with Crippen molar-refractivity contribution in [2.75, 3.05) is 26.2 Å². The molecule has 0 radical (unpaired) electrons. The Bertz CT molecular complexity index is 953. The molecular formula is C19H24N4O5. The van der Waals surface area contributed by atoms with Gasteiger partial charge >= 0.3 is 17.6 Å². The zero-order valence-corrected chi connectivity index (χ0v) is 16.2. The van der Waals surface area contributed by atoms with Crippen LogP contribution >= 0.6 is 0 Å². The van der Waals surface area contributed by atoms with Gasteiger partial charge in [-0.3, -0.25) is 19.0 Å². The lowest BCUT2D eigenvalue weighted by Gasteiger charge is -2.35. The molecule has 9 heteroatoms. The fourth-order valence-electron chi connectivity index (χ4n) is 3.32. The van der Waals surface area contributed by atoms with E-state index in [4.69, 9.17) is 4.42 Å². The molecule has 1 unspecified atom stereocenters. The first-order valence-electron chi connectivity index (χ1n) is 9.28. The van der Waals surface area contributed by atoms with Crippen LogP contribution in [0.15, 0.2) is 33.5 Å². The van der Waals surface area contributed by atoms with Crippen molar-refractivity contribution in [3.63, 3.8) is 0 Å². The maximum absolute atomic E-state index is 12.9. The third-order valence-corrected chi connectivity index (χ3v) is 4.76. The normalized spacial score (nSPS) is 15.7. The van der Waals surface area contributed by atoms with Crippen LogP contribution in [0.25, 0.3) is 11.1 Å². The SMILES string of the molecule is CC(C)NC(=O)C(=O)N1CCN(C(=O)C(C)n2c(=O)oc3ccccc32)CC1. The number of amides is 3. The molecule has 1 aliphatic heterocycles. The van der Waals surface area contributed by atoms with Crippen molar-refractivity contribution in [1.29, 1.82) is 0 Å². The van der Waals surface area contributed by atoms with Crippen molar-refractivity contribution in [2.24, 2.45) is 0 Å². The minimum absolute atomic E-state index is 0.122. The molecule has 3 amide bonds. The number of piperazine rings is 1. The Morgan fingerprint density at radius 1 is 1.00 bits per heavy atom. The molecule has 0 bridgehead atoms. The predicted octanol–water partition coefficient (Wildman–Crippen LogP) is 0.351. The maximum Gasteiger partial charge on any atom is 0.420 e. The number of carbonyl (C=O) groups excluding carboxylic acids is 3. The summed E-state index contributed by atoms with van der Waals surface area (Å²) >= 11 is 0. The van der Waals surface area contributed by atoms with Gasteiger partial charge in [0.15, 0.2) is 5.58 Å². The summed E-state index contributed by atoms with van der Waals surface area (Å²) in [6.07, 6.45) is 0. The number of nitrogens with one attached hydrogen (secondary N) is 1. The zero-order valence-electron chi connectivity index (χ0n) is 16.2. The van der Waals surface area contributed by atoms with Gasteiger partial charge in [0.05, 0.1) is 5.52 Å². The van der Waals surface area contributed by atoms with E-state index in [9.17, 15) is 19.2 Å². The van der Waals surface area contributed by atoms with Gasteiger partial charge in [0.2, 0.25) is 5.91 Å². The zero-order chi connectivity index (χ0) is 20.4. The minimum atomic E-state index is -0.734. The van der Waals surface area contributed by atoms with Crippen molar-refractivity contribution in [3.8, 4) is 0 Å². The molecule has 150 valence electrons. The summed E-state index contributed by atoms with van der Waals surface area (Å²) < 4.78 is 6.54. The first-order valence-corrected chi connectivity index (χ1v) is 9.28. The van der Waals surface area contributed by atoms with Crippen LogP contribution in [0, 0.1) is 0 Å². The van der Waals surface area contributed by atoms with E-state index in [1.165, 1.54) is 9.47 Å². The van der Waals surface area contributed by atoms with Crippen LogP contribution in [0.2, 0.25) is 0 Å². The largest absolute Gasteiger partial charge is 0.420 e. The van der Waals surface area contributed by atoms with Gasteiger partial charge in [0.1, 0.15) is 6.04 Å². The molecular weight excluding hydrogens is 364 g/mol. The molecule has 1 atom stereocenters. The van der Waals surface area contributed by atoms with Gasteiger partial charge in [-0.2, -0.15) is 0 Å². The van der Waals surface area contributed by atoms with Crippen molar-refractivity contribution in [1.82, 2.24) is 19.7 Å². The second kappa shape index (κ2) is 7.87. The van der Waals surface area contributed by atoms with E-state index in [0.29, 0.717) is 24.2 Å². The van der Waals surface area contributed by atoms with E-state index in [2.05, 4.69) is 5.32 Å².